The van der Waals surface area contributed by atoms with Gasteiger partial charge in [-0.2, -0.15) is 0 Å². The van der Waals surface area contributed by atoms with Crippen LogP contribution >= 0.6 is 34.9 Å². The second kappa shape index (κ2) is 7.80. The molecule has 1 aliphatic carbocycles. The topological polar surface area (TPSA) is 64.1 Å². The number of carbonyl (C=O) groups is 1. The van der Waals surface area contributed by atoms with Crippen LogP contribution in [0.1, 0.15) is 26.2 Å². The highest BCUT2D eigenvalue weighted by Gasteiger charge is 2.51. The third-order valence-electron chi connectivity index (χ3n) is 3.50. The van der Waals surface area contributed by atoms with E-state index < -0.39 is 5.54 Å². The Morgan fingerprint density at radius 2 is 2.19 bits per heavy atom. The molecule has 1 atom stereocenters. The van der Waals surface area contributed by atoms with E-state index in [1.807, 2.05) is 6.26 Å². The molecule has 1 fully saturated rings. The molecule has 0 aliphatic heterocycles. The highest BCUT2D eigenvalue weighted by atomic mass is 32.2. The number of esters is 1. The fourth-order valence-corrected chi connectivity index (χ4v) is 4.95. The molecule has 0 spiro atoms. The lowest BCUT2D eigenvalue weighted by Gasteiger charge is -2.31. The number of aromatic nitrogens is 2. The van der Waals surface area contributed by atoms with Crippen molar-refractivity contribution >= 4 is 40.8 Å². The number of rotatable bonds is 9. The van der Waals surface area contributed by atoms with Gasteiger partial charge in [0.05, 0.1) is 7.11 Å². The first-order chi connectivity index (χ1) is 10.2. The quantitative estimate of drug-likeness (QED) is 0.544. The SMILES string of the molecule is CCCNC(CSc1nnc(SC)s1)(C(=O)OC)C1CC1. The summed E-state index contributed by atoms with van der Waals surface area (Å²) in [7, 11) is 1.47. The molecule has 1 heterocycles. The lowest BCUT2D eigenvalue weighted by atomic mass is 9.95. The minimum absolute atomic E-state index is 0.152. The van der Waals surface area contributed by atoms with Crippen molar-refractivity contribution in [2.24, 2.45) is 5.92 Å². The predicted octanol–water partition coefficient (Wildman–Crippen LogP) is 2.67. The number of ether oxygens (including phenoxy) is 1. The van der Waals surface area contributed by atoms with Gasteiger partial charge in [0.1, 0.15) is 5.54 Å². The van der Waals surface area contributed by atoms with Gasteiger partial charge in [-0.05, 0) is 38.0 Å². The lowest BCUT2D eigenvalue weighted by molar-refractivity contribution is -0.148. The summed E-state index contributed by atoms with van der Waals surface area (Å²) in [6.45, 7) is 2.92. The van der Waals surface area contributed by atoms with Crippen LogP contribution in [0.5, 0.6) is 0 Å². The zero-order valence-electron chi connectivity index (χ0n) is 12.5. The van der Waals surface area contributed by atoms with Crippen molar-refractivity contribution in [1.82, 2.24) is 15.5 Å². The Kier molecular flexibility index (Phi) is 6.34. The minimum atomic E-state index is -0.583. The molecule has 0 aromatic carbocycles. The predicted molar refractivity (Wildman–Crippen MR) is 88.2 cm³/mol. The van der Waals surface area contributed by atoms with Crippen LogP contribution in [0, 0.1) is 5.92 Å². The van der Waals surface area contributed by atoms with E-state index in [0.717, 1.165) is 34.5 Å². The van der Waals surface area contributed by atoms with Crippen molar-refractivity contribution in [3.05, 3.63) is 0 Å². The molecular weight excluding hydrogens is 326 g/mol. The lowest BCUT2D eigenvalue weighted by Crippen LogP contribution is -2.57. The largest absolute Gasteiger partial charge is 0.468 e. The van der Waals surface area contributed by atoms with Gasteiger partial charge in [-0.15, -0.1) is 10.2 Å². The van der Waals surface area contributed by atoms with Crippen LogP contribution in [0.3, 0.4) is 0 Å². The molecule has 1 N–H and O–H groups in total. The van der Waals surface area contributed by atoms with Gasteiger partial charge in [0.15, 0.2) is 8.68 Å². The van der Waals surface area contributed by atoms with Crippen molar-refractivity contribution < 1.29 is 9.53 Å². The maximum atomic E-state index is 12.4. The summed E-state index contributed by atoms with van der Waals surface area (Å²) in [4.78, 5) is 12.4. The first-order valence-corrected chi connectivity index (χ1v) is 10.0. The second-order valence-corrected chi connectivity index (χ2v) is 8.24. The molecule has 0 bridgehead atoms. The van der Waals surface area contributed by atoms with Crippen LogP contribution in [-0.2, 0) is 9.53 Å². The van der Waals surface area contributed by atoms with Crippen LogP contribution in [0.2, 0.25) is 0 Å². The van der Waals surface area contributed by atoms with Gasteiger partial charge in [0.2, 0.25) is 0 Å². The molecule has 118 valence electrons. The van der Waals surface area contributed by atoms with Gasteiger partial charge in [0.25, 0.3) is 0 Å². The molecule has 1 saturated carbocycles. The number of nitrogens with one attached hydrogen (secondary N) is 1. The Bertz CT molecular complexity index is 479. The summed E-state index contributed by atoms with van der Waals surface area (Å²) in [5.74, 6) is 0.866. The van der Waals surface area contributed by atoms with E-state index in [1.165, 1.54) is 7.11 Å². The second-order valence-electron chi connectivity index (χ2n) is 4.99. The molecule has 1 aromatic rings. The van der Waals surface area contributed by atoms with E-state index >= 15 is 0 Å². The summed E-state index contributed by atoms with van der Waals surface area (Å²) in [5, 5.41) is 11.7. The molecular formula is C13H21N3O2S3. The van der Waals surface area contributed by atoms with Gasteiger partial charge in [-0.3, -0.25) is 4.79 Å². The summed E-state index contributed by atoms with van der Waals surface area (Å²) >= 11 is 4.76. The maximum absolute atomic E-state index is 12.4. The van der Waals surface area contributed by atoms with E-state index in [4.69, 9.17) is 4.74 Å². The van der Waals surface area contributed by atoms with Crippen molar-refractivity contribution in [1.29, 1.82) is 0 Å². The number of nitrogens with zero attached hydrogens (tertiary/aromatic N) is 2. The van der Waals surface area contributed by atoms with E-state index in [-0.39, 0.29) is 5.97 Å². The van der Waals surface area contributed by atoms with Crippen LogP contribution in [0.15, 0.2) is 8.68 Å². The Labute approximate surface area is 138 Å². The molecule has 21 heavy (non-hydrogen) atoms. The van der Waals surface area contributed by atoms with Gasteiger partial charge in [-0.25, -0.2) is 0 Å². The van der Waals surface area contributed by atoms with Crippen LogP contribution in [-0.4, -0.2) is 47.4 Å². The van der Waals surface area contributed by atoms with E-state index in [9.17, 15) is 4.79 Å². The first kappa shape index (κ1) is 17.1. The molecule has 2 rings (SSSR count). The van der Waals surface area contributed by atoms with Gasteiger partial charge in [-0.1, -0.05) is 41.8 Å². The summed E-state index contributed by atoms with van der Waals surface area (Å²) in [6, 6.07) is 0. The molecule has 5 nitrogen and oxygen atoms in total. The average Bonchev–Trinajstić information content (AvgIpc) is 3.26. The molecule has 8 heteroatoms. The van der Waals surface area contributed by atoms with Gasteiger partial charge < -0.3 is 10.1 Å². The van der Waals surface area contributed by atoms with Crippen molar-refractivity contribution in [2.75, 3.05) is 25.7 Å². The molecule has 1 aliphatic rings. The highest BCUT2D eigenvalue weighted by Crippen LogP contribution is 2.43. The minimum Gasteiger partial charge on any atom is -0.468 e. The number of thioether (sulfide) groups is 2. The summed E-state index contributed by atoms with van der Waals surface area (Å²) < 4.78 is 6.94. The monoisotopic (exact) mass is 347 g/mol. The van der Waals surface area contributed by atoms with Crippen LogP contribution in [0.25, 0.3) is 0 Å². The van der Waals surface area contributed by atoms with E-state index in [2.05, 4.69) is 22.4 Å². The van der Waals surface area contributed by atoms with Crippen LogP contribution in [0.4, 0.5) is 0 Å². The smallest absolute Gasteiger partial charge is 0.327 e. The number of hydrogen-bond donors (Lipinski definition) is 1. The Hall–Kier alpha value is -0.310. The maximum Gasteiger partial charge on any atom is 0.327 e. The molecule has 0 saturated heterocycles. The van der Waals surface area contributed by atoms with Crippen LogP contribution < -0.4 is 5.32 Å². The number of carbonyl (C=O) groups excluding carboxylic acids is 1. The normalized spacial score (nSPS) is 17.5. The molecule has 0 radical (unpaired) electrons. The highest BCUT2D eigenvalue weighted by molar-refractivity contribution is 8.03. The fraction of sp³-hybridized carbons (Fsp3) is 0.769. The Balaban J connectivity index is 2.08. The molecule has 1 aromatic heterocycles. The third-order valence-corrected chi connectivity index (χ3v) is 6.73. The first-order valence-electron chi connectivity index (χ1n) is 7.00. The van der Waals surface area contributed by atoms with E-state index in [0.29, 0.717) is 11.7 Å². The zero-order chi connectivity index (χ0) is 15.3. The summed E-state index contributed by atoms with van der Waals surface area (Å²) in [6.07, 6.45) is 5.14. The van der Waals surface area contributed by atoms with Gasteiger partial charge >= 0.3 is 5.97 Å². The van der Waals surface area contributed by atoms with Crippen molar-refractivity contribution in [2.45, 2.75) is 40.4 Å². The van der Waals surface area contributed by atoms with E-state index in [1.54, 1.807) is 34.9 Å². The van der Waals surface area contributed by atoms with Crippen molar-refractivity contribution in [3.63, 3.8) is 0 Å². The average molecular weight is 348 g/mol. The number of methoxy groups -OCH3 is 1. The Morgan fingerprint density at radius 1 is 1.48 bits per heavy atom. The fourth-order valence-electron chi connectivity index (χ4n) is 2.23. The number of hydrogen-bond acceptors (Lipinski definition) is 8. The zero-order valence-corrected chi connectivity index (χ0v) is 15.0. The molecule has 1 unspecified atom stereocenters. The standard InChI is InChI=1S/C13H21N3O2S3/c1-4-7-14-13(9-5-6-9,10(17)18-2)8-20-12-16-15-11(19-3)21-12/h9,14H,4-8H2,1-3H3. The van der Waals surface area contributed by atoms with Gasteiger partial charge in [0, 0.05) is 5.75 Å². The molecule has 0 amide bonds. The Morgan fingerprint density at radius 3 is 2.71 bits per heavy atom. The summed E-state index contributed by atoms with van der Waals surface area (Å²) in [5.41, 5.74) is -0.583. The third kappa shape index (κ3) is 4.12. The van der Waals surface area contributed by atoms with Crippen molar-refractivity contribution in [3.8, 4) is 0 Å².